The number of aliphatic hydroxyl groups excluding tert-OH is 1. The Morgan fingerprint density at radius 1 is 1.23 bits per heavy atom. The van der Waals surface area contributed by atoms with Gasteiger partial charge in [0, 0.05) is 12.5 Å². The third-order valence-electron chi connectivity index (χ3n) is 4.16. The molecule has 1 aromatic carbocycles. The van der Waals surface area contributed by atoms with E-state index in [4.69, 9.17) is 5.11 Å². The second-order valence-electron chi connectivity index (χ2n) is 5.73. The Hall–Kier alpha value is -1.56. The van der Waals surface area contributed by atoms with Crippen molar-refractivity contribution in [2.24, 2.45) is 11.8 Å². The minimum Gasteiger partial charge on any atom is -0.392 e. The molecule has 1 aromatic rings. The van der Waals surface area contributed by atoms with Gasteiger partial charge in [0.2, 0.25) is 5.91 Å². The van der Waals surface area contributed by atoms with Crippen LogP contribution in [0.2, 0.25) is 0 Å². The maximum absolute atomic E-state index is 13.0. The highest BCUT2D eigenvalue weighted by Gasteiger charge is 2.47. The fourth-order valence-electron chi connectivity index (χ4n) is 2.99. The van der Waals surface area contributed by atoms with E-state index < -0.39 is 23.9 Å². The smallest absolute Gasteiger partial charge is 0.392 e. The fourth-order valence-corrected chi connectivity index (χ4v) is 2.99. The summed E-state index contributed by atoms with van der Waals surface area (Å²) in [6, 6.07) is 6.97. The van der Waals surface area contributed by atoms with E-state index in [1.165, 1.54) is 0 Å². The topological polar surface area (TPSA) is 49.3 Å². The van der Waals surface area contributed by atoms with Crippen LogP contribution < -0.4 is 5.32 Å². The standard InChI is InChI=1S/C16H20F3NO2/c17-16(18,19)14-7-2-1-6-13(14)15(22)20-9-11-4-3-5-12(8-11)10-21/h3-5,8,13-14,21H,1-2,6-7,9-10H2,(H,20,22)/t13-,14-/m0/s1. The summed E-state index contributed by atoms with van der Waals surface area (Å²) in [6.07, 6.45) is -2.83. The number of carbonyl (C=O) groups is 1. The molecule has 0 saturated heterocycles. The van der Waals surface area contributed by atoms with Crippen molar-refractivity contribution in [1.29, 1.82) is 0 Å². The fraction of sp³-hybridized carbons (Fsp3) is 0.562. The van der Waals surface area contributed by atoms with E-state index in [0.717, 1.165) is 5.56 Å². The second kappa shape index (κ2) is 7.13. The molecule has 0 unspecified atom stereocenters. The number of rotatable bonds is 4. The van der Waals surface area contributed by atoms with Gasteiger partial charge in [-0.25, -0.2) is 0 Å². The van der Waals surface area contributed by atoms with Gasteiger partial charge in [-0.15, -0.1) is 0 Å². The normalized spacial score (nSPS) is 22.4. The maximum Gasteiger partial charge on any atom is 0.392 e. The van der Waals surface area contributed by atoms with Crippen LogP contribution in [0.25, 0.3) is 0 Å². The van der Waals surface area contributed by atoms with Crippen LogP contribution in [0.4, 0.5) is 13.2 Å². The zero-order chi connectivity index (χ0) is 16.2. The van der Waals surface area contributed by atoms with Crippen LogP contribution in [-0.2, 0) is 17.9 Å². The van der Waals surface area contributed by atoms with Crippen LogP contribution in [0.15, 0.2) is 24.3 Å². The van der Waals surface area contributed by atoms with E-state index in [9.17, 15) is 18.0 Å². The molecule has 2 rings (SSSR count). The average Bonchev–Trinajstić information content (AvgIpc) is 2.52. The van der Waals surface area contributed by atoms with Crippen molar-refractivity contribution in [3.8, 4) is 0 Å². The maximum atomic E-state index is 13.0. The highest BCUT2D eigenvalue weighted by Crippen LogP contribution is 2.41. The van der Waals surface area contributed by atoms with Crippen molar-refractivity contribution in [2.75, 3.05) is 0 Å². The van der Waals surface area contributed by atoms with Crippen LogP contribution >= 0.6 is 0 Å². The van der Waals surface area contributed by atoms with Gasteiger partial charge >= 0.3 is 6.18 Å². The van der Waals surface area contributed by atoms with E-state index in [0.29, 0.717) is 18.4 Å². The lowest BCUT2D eigenvalue weighted by molar-refractivity contribution is -0.198. The molecule has 0 aromatic heterocycles. The Labute approximate surface area is 127 Å². The molecule has 0 aliphatic heterocycles. The molecule has 0 heterocycles. The number of carbonyl (C=O) groups excluding carboxylic acids is 1. The van der Waals surface area contributed by atoms with Gasteiger partial charge in [-0.05, 0) is 24.0 Å². The first-order valence-electron chi connectivity index (χ1n) is 7.45. The van der Waals surface area contributed by atoms with Crippen LogP contribution in [0, 0.1) is 11.8 Å². The van der Waals surface area contributed by atoms with E-state index in [1.807, 2.05) is 0 Å². The third-order valence-corrected chi connectivity index (χ3v) is 4.16. The molecule has 22 heavy (non-hydrogen) atoms. The molecule has 122 valence electrons. The summed E-state index contributed by atoms with van der Waals surface area (Å²) in [5.74, 6) is -3.06. The molecule has 0 bridgehead atoms. The minimum atomic E-state index is -4.32. The molecule has 1 aliphatic carbocycles. The number of alkyl halides is 3. The van der Waals surface area contributed by atoms with Crippen molar-refractivity contribution in [3.05, 3.63) is 35.4 Å². The van der Waals surface area contributed by atoms with Gasteiger partial charge < -0.3 is 10.4 Å². The Bertz CT molecular complexity index is 516. The van der Waals surface area contributed by atoms with Gasteiger partial charge in [-0.1, -0.05) is 37.1 Å². The van der Waals surface area contributed by atoms with Gasteiger partial charge in [-0.2, -0.15) is 13.2 Å². The molecule has 1 aliphatic rings. The van der Waals surface area contributed by atoms with Gasteiger partial charge in [0.25, 0.3) is 0 Å². The van der Waals surface area contributed by atoms with Gasteiger partial charge in [0.05, 0.1) is 12.5 Å². The molecule has 1 saturated carbocycles. The van der Waals surface area contributed by atoms with Crippen LogP contribution in [0.5, 0.6) is 0 Å². The van der Waals surface area contributed by atoms with Crippen LogP contribution in [0.1, 0.15) is 36.8 Å². The van der Waals surface area contributed by atoms with Crippen molar-refractivity contribution in [3.63, 3.8) is 0 Å². The van der Waals surface area contributed by atoms with Gasteiger partial charge in [0.1, 0.15) is 0 Å². The quantitative estimate of drug-likeness (QED) is 0.896. The first-order valence-corrected chi connectivity index (χ1v) is 7.45. The highest BCUT2D eigenvalue weighted by atomic mass is 19.4. The number of aliphatic hydroxyl groups is 1. The van der Waals surface area contributed by atoms with Crippen molar-refractivity contribution >= 4 is 5.91 Å². The Balaban J connectivity index is 1.98. The minimum absolute atomic E-state index is 0.0293. The molecule has 1 fully saturated rings. The molecule has 1 amide bonds. The summed E-state index contributed by atoms with van der Waals surface area (Å²) in [4.78, 5) is 12.1. The zero-order valence-corrected chi connectivity index (χ0v) is 12.2. The third kappa shape index (κ3) is 4.22. The predicted molar refractivity (Wildman–Crippen MR) is 75.7 cm³/mol. The summed E-state index contributed by atoms with van der Waals surface area (Å²) in [7, 11) is 0. The molecule has 0 radical (unpaired) electrons. The van der Waals surface area contributed by atoms with Crippen molar-refractivity contribution in [1.82, 2.24) is 5.32 Å². The first-order chi connectivity index (χ1) is 10.4. The number of halogens is 3. The monoisotopic (exact) mass is 315 g/mol. The summed E-state index contributed by atoms with van der Waals surface area (Å²) >= 11 is 0. The Morgan fingerprint density at radius 3 is 2.59 bits per heavy atom. The number of amides is 1. The molecule has 0 spiro atoms. The number of nitrogens with one attached hydrogen (secondary N) is 1. The van der Waals surface area contributed by atoms with E-state index in [-0.39, 0.29) is 26.0 Å². The second-order valence-corrected chi connectivity index (χ2v) is 5.73. The highest BCUT2D eigenvalue weighted by molar-refractivity contribution is 5.79. The largest absolute Gasteiger partial charge is 0.392 e. The number of hydrogen-bond donors (Lipinski definition) is 2. The van der Waals surface area contributed by atoms with Gasteiger partial charge in [-0.3, -0.25) is 4.79 Å². The van der Waals surface area contributed by atoms with Crippen molar-refractivity contribution in [2.45, 2.75) is 45.0 Å². The van der Waals surface area contributed by atoms with E-state index >= 15 is 0 Å². The Morgan fingerprint density at radius 2 is 1.91 bits per heavy atom. The SMILES string of the molecule is O=C(NCc1cccc(CO)c1)[C@H]1CCCC[C@@H]1C(F)(F)F. The molecular weight excluding hydrogens is 295 g/mol. The molecule has 2 atom stereocenters. The zero-order valence-electron chi connectivity index (χ0n) is 12.2. The summed E-state index contributed by atoms with van der Waals surface area (Å²) < 4.78 is 39.0. The summed E-state index contributed by atoms with van der Waals surface area (Å²) in [5, 5.41) is 11.7. The number of hydrogen-bond acceptors (Lipinski definition) is 2. The lowest BCUT2D eigenvalue weighted by Crippen LogP contribution is -2.42. The lowest BCUT2D eigenvalue weighted by atomic mass is 9.78. The van der Waals surface area contributed by atoms with E-state index in [1.54, 1.807) is 24.3 Å². The predicted octanol–water partition coefficient (Wildman–Crippen LogP) is 3.16. The van der Waals surface area contributed by atoms with Crippen molar-refractivity contribution < 1.29 is 23.1 Å². The average molecular weight is 315 g/mol. The lowest BCUT2D eigenvalue weighted by Gasteiger charge is -2.32. The summed E-state index contributed by atoms with van der Waals surface area (Å²) in [6.45, 7) is 0.0638. The van der Waals surface area contributed by atoms with Crippen LogP contribution in [0.3, 0.4) is 0 Å². The Kier molecular flexibility index (Phi) is 5.45. The summed E-state index contributed by atoms with van der Waals surface area (Å²) in [5.41, 5.74) is 1.47. The molecular formula is C16H20F3NO2. The number of benzene rings is 1. The molecule has 3 nitrogen and oxygen atoms in total. The van der Waals surface area contributed by atoms with E-state index in [2.05, 4.69) is 5.32 Å². The first kappa shape index (κ1) is 16.8. The van der Waals surface area contributed by atoms with Gasteiger partial charge in [0.15, 0.2) is 0 Å². The van der Waals surface area contributed by atoms with Crippen LogP contribution in [-0.4, -0.2) is 17.2 Å². The molecule has 6 heteroatoms. The molecule has 2 N–H and O–H groups in total.